The largest absolute Gasteiger partial charge is 0.465 e. The fraction of sp³-hybridized carbons (Fsp3) is 0.286. The third-order valence-corrected chi connectivity index (χ3v) is 6.84. The summed E-state index contributed by atoms with van der Waals surface area (Å²) in [7, 11) is 1.35. The van der Waals surface area contributed by atoms with Gasteiger partial charge >= 0.3 is 12.1 Å². The molecule has 1 fully saturated rings. The quantitative estimate of drug-likeness (QED) is 0.532. The van der Waals surface area contributed by atoms with Crippen molar-refractivity contribution in [2.45, 2.75) is 12.8 Å². The summed E-state index contributed by atoms with van der Waals surface area (Å²) >= 11 is 0. The smallest absolute Gasteiger partial charge is 0.411 e. The molecule has 0 radical (unpaired) electrons. The molecule has 0 aromatic heterocycles. The number of benzene rings is 3. The Morgan fingerprint density at radius 3 is 2.26 bits per heavy atom. The van der Waals surface area contributed by atoms with E-state index in [1.54, 1.807) is 6.07 Å². The minimum Gasteiger partial charge on any atom is -0.465 e. The van der Waals surface area contributed by atoms with Gasteiger partial charge in [-0.3, -0.25) is 5.32 Å². The van der Waals surface area contributed by atoms with Gasteiger partial charge in [0.05, 0.1) is 12.7 Å². The van der Waals surface area contributed by atoms with Gasteiger partial charge in [-0.05, 0) is 46.9 Å². The molecule has 1 aliphatic heterocycles. The van der Waals surface area contributed by atoms with E-state index >= 15 is 0 Å². The van der Waals surface area contributed by atoms with E-state index in [0.29, 0.717) is 11.3 Å². The van der Waals surface area contributed by atoms with E-state index in [2.05, 4.69) is 39.8 Å². The highest BCUT2D eigenvalue weighted by molar-refractivity contribution is 5.95. The van der Waals surface area contributed by atoms with Gasteiger partial charge in [0.25, 0.3) is 0 Å². The number of hydrogen-bond donors (Lipinski definition) is 2. The van der Waals surface area contributed by atoms with Crippen LogP contribution in [0.15, 0.2) is 60.7 Å². The zero-order chi connectivity index (χ0) is 24.4. The Labute approximate surface area is 205 Å². The monoisotopic (exact) mass is 471 g/mol. The fourth-order valence-electron chi connectivity index (χ4n) is 5.04. The summed E-state index contributed by atoms with van der Waals surface area (Å²) in [6.07, 6.45) is -0.553. The van der Waals surface area contributed by atoms with Crippen LogP contribution in [0.4, 0.5) is 16.2 Å². The standard InChI is InChI=1S/C28H29N3O4/c1-18-25(15-19(27(32)34-2)16-26(18)31-13-11-29-12-14-31)30-28(33)35-17-24-22-9-5-3-7-20(22)21-8-4-6-10-23(21)24/h3-10,15-16,24,29H,11-14,17H2,1-2H3,(H,30,33). The van der Waals surface area contributed by atoms with Gasteiger partial charge in [0.2, 0.25) is 0 Å². The molecule has 3 aromatic carbocycles. The van der Waals surface area contributed by atoms with Crippen LogP contribution in [-0.4, -0.2) is 52.0 Å². The molecule has 7 heteroatoms. The van der Waals surface area contributed by atoms with E-state index in [0.717, 1.165) is 48.6 Å². The minimum atomic E-state index is -0.553. The van der Waals surface area contributed by atoms with Crippen molar-refractivity contribution in [3.05, 3.63) is 82.9 Å². The molecule has 0 bridgehead atoms. The van der Waals surface area contributed by atoms with Crippen LogP contribution in [0.2, 0.25) is 0 Å². The van der Waals surface area contributed by atoms with Crippen LogP contribution in [0.5, 0.6) is 0 Å². The van der Waals surface area contributed by atoms with Gasteiger partial charge in [-0.2, -0.15) is 0 Å². The second kappa shape index (κ2) is 9.80. The molecule has 1 saturated heterocycles. The van der Waals surface area contributed by atoms with E-state index in [4.69, 9.17) is 9.47 Å². The highest BCUT2D eigenvalue weighted by Gasteiger charge is 2.29. The van der Waals surface area contributed by atoms with Crippen molar-refractivity contribution in [2.24, 2.45) is 0 Å². The average Bonchev–Trinajstić information content (AvgIpc) is 3.22. The summed E-state index contributed by atoms with van der Waals surface area (Å²) < 4.78 is 10.7. The Balaban J connectivity index is 1.36. The van der Waals surface area contributed by atoms with Crippen molar-refractivity contribution in [3.63, 3.8) is 0 Å². The van der Waals surface area contributed by atoms with Gasteiger partial charge in [-0.15, -0.1) is 0 Å². The first-order valence-corrected chi connectivity index (χ1v) is 11.9. The molecular formula is C28H29N3O4. The number of carbonyl (C=O) groups is 2. The summed E-state index contributed by atoms with van der Waals surface area (Å²) in [4.78, 5) is 27.5. The Kier molecular flexibility index (Phi) is 6.42. The topological polar surface area (TPSA) is 79.9 Å². The number of methoxy groups -OCH3 is 1. The lowest BCUT2D eigenvalue weighted by Crippen LogP contribution is -2.44. The first-order chi connectivity index (χ1) is 17.1. The Morgan fingerprint density at radius 1 is 1.00 bits per heavy atom. The summed E-state index contributed by atoms with van der Waals surface area (Å²) in [5, 5.41) is 6.20. The summed E-state index contributed by atoms with van der Waals surface area (Å²) in [5.41, 5.74) is 7.40. The number of hydrogen-bond acceptors (Lipinski definition) is 6. The number of ether oxygens (including phenoxy) is 2. The maximum atomic E-state index is 12.9. The van der Waals surface area contributed by atoms with E-state index in [1.807, 2.05) is 37.3 Å². The fourth-order valence-corrected chi connectivity index (χ4v) is 5.04. The van der Waals surface area contributed by atoms with Crippen LogP contribution < -0.4 is 15.5 Å². The molecule has 2 N–H and O–H groups in total. The lowest BCUT2D eigenvalue weighted by atomic mass is 9.98. The van der Waals surface area contributed by atoms with E-state index in [9.17, 15) is 9.59 Å². The van der Waals surface area contributed by atoms with Crippen LogP contribution in [0.3, 0.4) is 0 Å². The van der Waals surface area contributed by atoms with Crippen LogP contribution in [0, 0.1) is 6.92 Å². The van der Waals surface area contributed by atoms with E-state index in [1.165, 1.54) is 18.2 Å². The highest BCUT2D eigenvalue weighted by atomic mass is 16.5. The summed E-state index contributed by atoms with van der Waals surface area (Å²) in [6, 6.07) is 19.9. The maximum absolute atomic E-state index is 12.9. The number of fused-ring (bicyclic) bond motifs is 3. The maximum Gasteiger partial charge on any atom is 0.411 e. The number of amides is 1. The predicted octanol–water partition coefficient (Wildman–Crippen LogP) is 4.55. The van der Waals surface area contributed by atoms with E-state index < -0.39 is 12.1 Å². The van der Waals surface area contributed by atoms with E-state index in [-0.39, 0.29) is 12.5 Å². The van der Waals surface area contributed by atoms with Crippen molar-refractivity contribution in [1.82, 2.24) is 5.32 Å². The molecule has 180 valence electrons. The third kappa shape index (κ3) is 4.47. The molecule has 1 heterocycles. The van der Waals surface area contributed by atoms with Crippen molar-refractivity contribution in [1.29, 1.82) is 0 Å². The Hall–Kier alpha value is -3.84. The highest BCUT2D eigenvalue weighted by Crippen LogP contribution is 2.44. The lowest BCUT2D eigenvalue weighted by Gasteiger charge is -2.31. The van der Waals surface area contributed by atoms with Gasteiger partial charge in [0.15, 0.2) is 0 Å². The second-order valence-electron chi connectivity index (χ2n) is 8.85. The molecule has 3 aromatic rings. The lowest BCUT2D eigenvalue weighted by molar-refractivity contribution is 0.0600. The molecule has 1 aliphatic carbocycles. The number of nitrogens with zero attached hydrogens (tertiary/aromatic N) is 1. The Bertz CT molecular complexity index is 1220. The number of nitrogens with one attached hydrogen (secondary N) is 2. The van der Waals surface area contributed by atoms with Gasteiger partial charge < -0.3 is 19.7 Å². The molecule has 1 amide bonds. The number of rotatable bonds is 5. The van der Waals surface area contributed by atoms with Crippen LogP contribution in [0.25, 0.3) is 11.1 Å². The van der Waals surface area contributed by atoms with Crippen molar-refractivity contribution >= 4 is 23.4 Å². The van der Waals surface area contributed by atoms with Crippen molar-refractivity contribution in [2.75, 3.05) is 50.1 Å². The van der Waals surface area contributed by atoms with Crippen molar-refractivity contribution < 1.29 is 19.1 Å². The van der Waals surface area contributed by atoms with Crippen LogP contribution in [0.1, 0.15) is 33.0 Å². The zero-order valence-electron chi connectivity index (χ0n) is 20.0. The number of anilines is 2. The van der Waals surface area contributed by atoms with Gasteiger partial charge in [0, 0.05) is 43.5 Å². The Morgan fingerprint density at radius 2 is 1.63 bits per heavy atom. The average molecular weight is 472 g/mol. The predicted molar refractivity (Wildman–Crippen MR) is 136 cm³/mol. The molecule has 35 heavy (non-hydrogen) atoms. The van der Waals surface area contributed by atoms with Crippen molar-refractivity contribution in [3.8, 4) is 11.1 Å². The second-order valence-corrected chi connectivity index (χ2v) is 8.85. The SMILES string of the molecule is COC(=O)c1cc(NC(=O)OCC2c3ccccc3-c3ccccc32)c(C)c(N2CCNCC2)c1. The molecule has 0 atom stereocenters. The molecular weight excluding hydrogens is 442 g/mol. The summed E-state index contributed by atoms with van der Waals surface area (Å²) in [6.45, 7) is 5.51. The molecule has 7 nitrogen and oxygen atoms in total. The first-order valence-electron chi connectivity index (χ1n) is 11.9. The summed E-state index contributed by atoms with van der Waals surface area (Å²) in [5.74, 6) is -0.468. The van der Waals surface area contributed by atoms with Gasteiger partial charge in [-0.1, -0.05) is 48.5 Å². The minimum absolute atomic E-state index is 0.0212. The number of piperazine rings is 1. The van der Waals surface area contributed by atoms with Crippen LogP contribution >= 0.6 is 0 Å². The molecule has 0 unspecified atom stereocenters. The normalized spacial score (nSPS) is 14.7. The van der Waals surface area contributed by atoms with Crippen LogP contribution in [-0.2, 0) is 9.47 Å². The molecule has 0 saturated carbocycles. The molecule has 5 rings (SSSR count). The first kappa shape index (κ1) is 22.9. The number of carbonyl (C=O) groups excluding carboxylic acids is 2. The van der Waals surface area contributed by atoms with Gasteiger partial charge in [-0.25, -0.2) is 9.59 Å². The zero-order valence-corrected chi connectivity index (χ0v) is 20.0. The number of esters is 1. The third-order valence-electron chi connectivity index (χ3n) is 6.84. The molecule has 2 aliphatic rings. The molecule has 0 spiro atoms. The van der Waals surface area contributed by atoms with Gasteiger partial charge in [0.1, 0.15) is 6.61 Å².